The minimum atomic E-state index is -0.212. The quantitative estimate of drug-likeness (QED) is 0.786. The monoisotopic (exact) mass is 334 g/mol. The molecule has 124 valence electrons. The molecule has 2 heterocycles. The van der Waals surface area contributed by atoms with Gasteiger partial charge in [0.1, 0.15) is 0 Å². The Bertz CT molecular complexity index is 640. The highest BCUT2D eigenvalue weighted by molar-refractivity contribution is 7.18. The number of rotatable bonds is 5. The molecule has 0 saturated carbocycles. The van der Waals surface area contributed by atoms with Crippen LogP contribution in [-0.2, 0) is 20.7 Å². The second-order valence-electron chi connectivity index (χ2n) is 5.90. The molecule has 3 rings (SSSR count). The predicted octanol–water partition coefficient (Wildman–Crippen LogP) is 2.49. The summed E-state index contributed by atoms with van der Waals surface area (Å²) in [7, 11) is 1.42. The average Bonchev–Trinajstić information content (AvgIpc) is 2.97. The lowest BCUT2D eigenvalue weighted by molar-refractivity contribution is -0.146. The van der Waals surface area contributed by atoms with Crippen molar-refractivity contribution in [1.29, 1.82) is 0 Å². The van der Waals surface area contributed by atoms with Gasteiger partial charge in [0.2, 0.25) is 0 Å². The van der Waals surface area contributed by atoms with Crippen LogP contribution in [0, 0.1) is 0 Å². The van der Waals surface area contributed by atoms with Gasteiger partial charge in [-0.25, -0.2) is 4.98 Å². The van der Waals surface area contributed by atoms with Gasteiger partial charge in [-0.05, 0) is 19.1 Å². The third-order valence-corrected chi connectivity index (χ3v) is 5.28. The van der Waals surface area contributed by atoms with Crippen molar-refractivity contribution in [2.75, 3.05) is 26.8 Å². The van der Waals surface area contributed by atoms with Crippen LogP contribution in [0.4, 0.5) is 0 Å². The molecule has 1 aromatic carbocycles. The molecule has 2 atom stereocenters. The molecule has 2 aromatic rings. The Balaban J connectivity index is 1.60. The number of methoxy groups -OCH3 is 1. The summed E-state index contributed by atoms with van der Waals surface area (Å²) >= 11 is 1.76. The van der Waals surface area contributed by atoms with Gasteiger partial charge in [-0.3, -0.25) is 9.69 Å². The van der Waals surface area contributed by atoms with E-state index in [0.29, 0.717) is 19.1 Å². The molecule has 0 aliphatic carbocycles. The van der Waals surface area contributed by atoms with Crippen LogP contribution in [0.5, 0.6) is 0 Å². The lowest BCUT2D eigenvalue weighted by Gasteiger charge is -2.36. The molecule has 1 aromatic heterocycles. The Morgan fingerprint density at radius 2 is 2.35 bits per heavy atom. The number of aromatic nitrogens is 1. The second kappa shape index (κ2) is 7.38. The smallest absolute Gasteiger partial charge is 0.308 e. The summed E-state index contributed by atoms with van der Waals surface area (Å²) in [6.45, 7) is 4.53. The lowest BCUT2D eigenvalue weighted by atomic mass is 10.1. The number of hydrogen-bond acceptors (Lipinski definition) is 6. The molecule has 0 bridgehead atoms. The van der Waals surface area contributed by atoms with Crippen molar-refractivity contribution in [1.82, 2.24) is 9.88 Å². The van der Waals surface area contributed by atoms with Crippen LogP contribution in [0.1, 0.15) is 18.4 Å². The highest BCUT2D eigenvalue weighted by atomic mass is 32.1. The fourth-order valence-corrected chi connectivity index (χ4v) is 4.01. The molecule has 1 saturated heterocycles. The van der Waals surface area contributed by atoms with E-state index in [-0.39, 0.29) is 12.1 Å². The van der Waals surface area contributed by atoms with Gasteiger partial charge in [-0.2, -0.15) is 0 Å². The zero-order valence-electron chi connectivity index (χ0n) is 13.5. The van der Waals surface area contributed by atoms with E-state index < -0.39 is 0 Å². The number of thiazole rings is 1. The predicted molar refractivity (Wildman–Crippen MR) is 90.7 cm³/mol. The molecule has 1 aliphatic heterocycles. The van der Waals surface area contributed by atoms with Gasteiger partial charge >= 0.3 is 5.97 Å². The maximum absolute atomic E-state index is 11.4. The zero-order valence-corrected chi connectivity index (χ0v) is 14.3. The number of morpholine rings is 1. The summed E-state index contributed by atoms with van der Waals surface area (Å²) in [5.74, 6) is -0.212. The highest BCUT2D eigenvalue weighted by Crippen LogP contribution is 2.24. The summed E-state index contributed by atoms with van der Waals surface area (Å²) in [4.78, 5) is 18.5. The molecular weight excluding hydrogens is 312 g/mol. The maximum atomic E-state index is 11.4. The summed E-state index contributed by atoms with van der Waals surface area (Å²) in [6, 6.07) is 8.62. The molecule has 0 radical (unpaired) electrons. The van der Waals surface area contributed by atoms with Gasteiger partial charge in [-0.1, -0.05) is 12.1 Å². The van der Waals surface area contributed by atoms with Crippen molar-refractivity contribution in [2.24, 2.45) is 0 Å². The SMILES string of the molecule is COC(=O)CC1CN(C(C)Cc2nc3ccccc3s2)CCO1. The van der Waals surface area contributed by atoms with E-state index in [4.69, 9.17) is 14.5 Å². The molecule has 2 unspecified atom stereocenters. The molecule has 5 nitrogen and oxygen atoms in total. The van der Waals surface area contributed by atoms with E-state index in [9.17, 15) is 4.79 Å². The Labute approximate surface area is 140 Å². The van der Waals surface area contributed by atoms with Crippen molar-refractivity contribution in [2.45, 2.75) is 31.9 Å². The fraction of sp³-hybridized carbons (Fsp3) is 0.529. The zero-order chi connectivity index (χ0) is 16.2. The van der Waals surface area contributed by atoms with Gasteiger partial charge < -0.3 is 9.47 Å². The van der Waals surface area contributed by atoms with Crippen molar-refractivity contribution >= 4 is 27.5 Å². The molecule has 1 fully saturated rings. The number of carbonyl (C=O) groups is 1. The van der Waals surface area contributed by atoms with Crippen molar-refractivity contribution in [3.63, 3.8) is 0 Å². The van der Waals surface area contributed by atoms with Crippen LogP contribution in [0.25, 0.3) is 10.2 Å². The van der Waals surface area contributed by atoms with E-state index in [0.717, 1.165) is 30.0 Å². The van der Waals surface area contributed by atoms with Gasteiger partial charge in [0.05, 0.1) is 41.5 Å². The molecular formula is C17H22N2O3S. The van der Waals surface area contributed by atoms with Crippen LogP contribution >= 0.6 is 11.3 Å². The van der Waals surface area contributed by atoms with E-state index >= 15 is 0 Å². The normalized spacial score (nSPS) is 20.5. The fourth-order valence-electron chi connectivity index (χ4n) is 2.92. The lowest BCUT2D eigenvalue weighted by Crippen LogP contribution is -2.48. The third kappa shape index (κ3) is 4.07. The van der Waals surface area contributed by atoms with Gasteiger partial charge in [0.25, 0.3) is 0 Å². The summed E-state index contributed by atoms with van der Waals surface area (Å²) < 4.78 is 11.6. The first kappa shape index (κ1) is 16.4. The third-order valence-electron chi connectivity index (χ3n) is 4.22. The molecule has 1 aliphatic rings. The van der Waals surface area contributed by atoms with Crippen LogP contribution in [0.2, 0.25) is 0 Å². The molecule has 0 spiro atoms. The van der Waals surface area contributed by atoms with E-state index in [2.05, 4.69) is 24.0 Å². The topological polar surface area (TPSA) is 51.7 Å². The summed E-state index contributed by atoms with van der Waals surface area (Å²) in [6.07, 6.45) is 1.17. The molecule has 0 N–H and O–H groups in total. The molecule has 6 heteroatoms. The minimum Gasteiger partial charge on any atom is -0.469 e. The summed E-state index contributed by atoms with van der Waals surface area (Å²) in [5.41, 5.74) is 1.07. The average molecular weight is 334 g/mol. The number of esters is 1. The largest absolute Gasteiger partial charge is 0.469 e. The second-order valence-corrected chi connectivity index (χ2v) is 7.01. The number of benzene rings is 1. The summed E-state index contributed by atoms with van der Waals surface area (Å²) in [5, 5.41) is 1.16. The first-order valence-electron chi connectivity index (χ1n) is 7.92. The first-order chi connectivity index (χ1) is 11.2. The first-order valence-corrected chi connectivity index (χ1v) is 8.74. The van der Waals surface area contributed by atoms with Gasteiger partial charge in [-0.15, -0.1) is 11.3 Å². The Kier molecular flexibility index (Phi) is 5.25. The number of para-hydroxylation sites is 1. The van der Waals surface area contributed by atoms with Crippen LogP contribution in [-0.4, -0.2) is 54.8 Å². The van der Waals surface area contributed by atoms with E-state index in [1.54, 1.807) is 11.3 Å². The van der Waals surface area contributed by atoms with E-state index in [1.807, 2.05) is 12.1 Å². The minimum absolute atomic E-state index is 0.0750. The number of carbonyl (C=O) groups excluding carboxylic acids is 1. The van der Waals surface area contributed by atoms with Crippen molar-refractivity contribution < 1.29 is 14.3 Å². The number of hydrogen-bond donors (Lipinski definition) is 0. The maximum Gasteiger partial charge on any atom is 0.308 e. The Morgan fingerprint density at radius 1 is 1.52 bits per heavy atom. The number of nitrogens with zero attached hydrogens (tertiary/aromatic N) is 2. The Hall–Kier alpha value is -1.50. The van der Waals surface area contributed by atoms with Crippen LogP contribution < -0.4 is 0 Å². The number of fused-ring (bicyclic) bond motifs is 1. The van der Waals surface area contributed by atoms with Crippen molar-refractivity contribution in [3.8, 4) is 0 Å². The van der Waals surface area contributed by atoms with Crippen LogP contribution in [0.3, 0.4) is 0 Å². The number of ether oxygens (including phenoxy) is 2. The van der Waals surface area contributed by atoms with Crippen molar-refractivity contribution in [3.05, 3.63) is 29.3 Å². The van der Waals surface area contributed by atoms with Gasteiger partial charge in [0.15, 0.2) is 0 Å². The molecule has 0 amide bonds. The molecule has 23 heavy (non-hydrogen) atoms. The highest BCUT2D eigenvalue weighted by Gasteiger charge is 2.26. The Morgan fingerprint density at radius 3 is 3.13 bits per heavy atom. The van der Waals surface area contributed by atoms with Crippen LogP contribution in [0.15, 0.2) is 24.3 Å². The van der Waals surface area contributed by atoms with Gasteiger partial charge in [0, 0.05) is 25.6 Å². The van der Waals surface area contributed by atoms with E-state index in [1.165, 1.54) is 11.8 Å². The standard InChI is InChI=1S/C17H22N2O3S/c1-12(9-16-18-14-5-3-4-6-15(14)23-16)19-7-8-22-13(11-19)10-17(20)21-2/h3-6,12-13H,7-11H2,1-2H3.